The first-order valence-corrected chi connectivity index (χ1v) is 7.04. The van der Waals surface area contributed by atoms with Crippen LogP contribution in [0, 0.1) is 17.8 Å². The van der Waals surface area contributed by atoms with Crippen molar-refractivity contribution >= 4 is 11.6 Å². The summed E-state index contributed by atoms with van der Waals surface area (Å²) < 4.78 is 0. The highest BCUT2D eigenvalue weighted by Crippen LogP contribution is 2.43. The van der Waals surface area contributed by atoms with Crippen molar-refractivity contribution in [3.05, 3.63) is 47.0 Å². The van der Waals surface area contributed by atoms with Crippen LogP contribution < -0.4 is 0 Å². The van der Waals surface area contributed by atoms with Crippen molar-refractivity contribution in [1.29, 1.82) is 0 Å². The van der Waals surface area contributed by atoms with Gasteiger partial charge in [-0.1, -0.05) is 35.9 Å². The predicted octanol–water partition coefficient (Wildman–Crippen LogP) is 2.65. The number of aliphatic hydroxyl groups is 1. The number of hydrogen-bond donors (Lipinski definition) is 1. The molecule has 2 aliphatic carbocycles. The molecule has 3 nitrogen and oxygen atoms in total. The molecule has 1 N–H and O–H groups in total. The molecule has 2 aliphatic rings. The monoisotopic (exact) mass is 270 g/mol. The van der Waals surface area contributed by atoms with Crippen LogP contribution in [0.1, 0.15) is 41.0 Å². The molecule has 0 fully saturated rings. The van der Waals surface area contributed by atoms with E-state index >= 15 is 0 Å². The second-order valence-corrected chi connectivity index (χ2v) is 5.86. The van der Waals surface area contributed by atoms with Crippen LogP contribution in [-0.2, 0) is 0 Å². The maximum absolute atomic E-state index is 12.8. The standard InChI is InChI=1S/C17H18O3/c1-9-7-8-13-15(14(9)10(2)18)17(20)12-6-4-3-5-11(12)16(13)19/h3-7,10,13-15,18H,8H2,1-2H3/t10-,13?,14-,15?/m1/s1. The van der Waals surface area contributed by atoms with Crippen molar-refractivity contribution in [1.82, 2.24) is 0 Å². The molecule has 1 aromatic carbocycles. The summed E-state index contributed by atoms with van der Waals surface area (Å²) in [6, 6.07) is 7.03. The Hall–Kier alpha value is -1.74. The first-order chi connectivity index (χ1) is 9.52. The third kappa shape index (κ3) is 1.77. The summed E-state index contributed by atoms with van der Waals surface area (Å²) in [6.45, 7) is 3.63. The Kier molecular flexibility index (Phi) is 3.09. The highest BCUT2D eigenvalue weighted by Gasteiger charge is 2.48. The van der Waals surface area contributed by atoms with Crippen LogP contribution in [0.25, 0.3) is 0 Å². The molecule has 0 aliphatic heterocycles. The zero-order valence-corrected chi connectivity index (χ0v) is 11.7. The zero-order valence-electron chi connectivity index (χ0n) is 11.7. The summed E-state index contributed by atoms with van der Waals surface area (Å²) in [4.78, 5) is 25.4. The van der Waals surface area contributed by atoms with Gasteiger partial charge in [0.2, 0.25) is 0 Å². The van der Waals surface area contributed by atoms with E-state index in [9.17, 15) is 14.7 Å². The Labute approximate surface area is 118 Å². The van der Waals surface area contributed by atoms with Gasteiger partial charge in [-0.3, -0.25) is 9.59 Å². The minimum Gasteiger partial charge on any atom is -0.393 e. The van der Waals surface area contributed by atoms with E-state index in [1.165, 1.54) is 0 Å². The number of carbonyl (C=O) groups excluding carboxylic acids is 2. The largest absolute Gasteiger partial charge is 0.393 e. The molecule has 0 bridgehead atoms. The van der Waals surface area contributed by atoms with E-state index in [1.54, 1.807) is 31.2 Å². The van der Waals surface area contributed by atoms with Crippen molar-refractivity contribution < 1.29 is 14.7 Å². The van der Waals surface area contributed by atoms with Gasteiger partial charge in [0.05, 0.1) is 6.10 Å². The first kappa shape index (κ1) is 13.3. The number of benzene rings is 1. The van der Waals surface area contributed by atoms with Gasteiger partial charge >= 0.3 is 0 Å². The molecule has 20 heavy (non-hydrogen) atoms. The summed E-state index contributed by atoms with van der Waals surface area (Å²) >= 11 is 0. The van der Waals surface area contributed by atoms with Gasteiger partial charge in [0.15, 0.2) is 11.6 Å². The second kappa shape index (κ2) is 4.67. The fraction of sp³-hybridized carbons (Fsp3) is 0.412. The Bertz CT molecular complexity index is 612. The second-order valence-electron chi connectivity index (χ2n) is 5.86. The van der Waals surface area contributed by atoms with Gasteiger partial charge in [-0.05, 0) is 20.3 Å². The average Bonchev–Trinajstić information content (AvgIpc) is 2.44. The van der Waals surface area contributed by atoms with Gasteiger partial charge in [0.1, 0.15) is 0 Å². The number of fused-ring (bicyclic) bond motifs is 2. The third-order valence-electron chi connectivity index (χ3n) is 4.66. The van der Waals surface area contributed by atoms with Crippen molar-refractivity contribution in [3.63, 3.8) is 0 Å². The van der Waals surface area contributed by atoms with Gasteiger partial charge in [0.25, 0.3) is 0 Å². The lowest BCUT2D eigenvalue weighted by Gasteiger charge is -2.40. The summed E-state index contributed by atoms with van der Waals surface area (Å²) in [5.74, 6) is -0.940. The maximum atomic E-state index is 12.8. The van der Waals surface area contributed by atoms with E-state index in [1.807, 2.05) is 13.0 Å². The number of allylic oxidation sites excluding steroid dienone is 1. The number of carbonyl (C=O) groups is 2. The van der Waals surface area contributed by atoms with Crippen molar-refractivity contribution in [2.24, 2.45) is 17.8 Å². The lowest BCUT2D eigenvalue weighted by atomic mass is 9.62. The molecular formula is C17H18O3. The van der Waals surface area contributed by atoms with E-state index in [0.717, 1.165) is 5.57 Å². The van der Waals surface area contributed by atoms with Crippen molar-refractivity contribution in [3.8, 4) is 0 Å². The fourth-order valence-electron chi connectivity index (χ4n) is 3.72. The van der Waals surface area contributed by atoms with Crippen LogP contribution in [0.5, 0.6) is 0 Å². The molecule has 2 unspecified atom stereocenters. The van der Waals surface area contributed by atoms with E-state index in [4.69, 9.17) is 0 Å². The lowest BCUT2D eigenvalue weighted by molar-refractivity contribution is 0.0484. The van der Waals surface area contributed by atoms with Crippen LogP contribution in [0.3, 0.4) is 0 Å². The quantitative estimate of drug-likeness (QED) is 0.798. The van der Waals surface area contributed by atoms with Gasteiger partial charge in [-0.25, -0.2) is 0 Å². The van der Waals surface area contributed by atoms with Gasteiger partial charge in [0, 0.05) is 28.9 Å². The normalized spacial score (nSPS) is 30.4. The molecule has 0 radical (unpaired) electrons. The third-order valence-corrected chi connectivity index (χ3v) is 4.66. The Balaban J connectivity index is 2.14. The van der Waals surface area contributed by atoms with Crippen LogP contribution in [0.4, 0.5) is 0 Å². The molecule has 3 rings (SSSR count). The van der Waals surface area contributed by atoms with Gasteiger partial charge < -0.3 is 5.11 Å². The number of hydrogen-bond acceptors (Lipinski definition) is 3. The molecule has 0 amide bonds. The lowest BCUT2D eigenvalue weighted by Crippen LogP contribution is -2.46. The minimum atomic E-state index is -0.624. The van der Waals surface area contributed by atoms with E-state index in [-0.39, 0.29) is 23.4 Å². The topological polar surface area (TPSA) is 54.4 Å². The highest BCUT2D eigenvalue weighted by atomic mass is 16.3. The van der Waals surface area contributed by atoms with Crippen molar-refractivity contribution in [2.75, 3.05) is 0 Å². The molecule has 4 atom stereocenters. The van der Waals surface area contributed by atoms with Crippen LogP contribution in [-0.4, -0.2) is 22.8 Å². The van der Waals surface area contributed by atoms with Crippen LogP contribution in [0.15, 0.2) is 35.9 Å². The SMILES string of the molecule is CC1=CCC2C(=O)c3ccccc3C(=O)C2[C@H]1[C@@H](C)O. The number of Topliss-reactive ketones (excluding diaryl/α,β-unsaturated/α-hetero) is 2. The fourth-order valence-corrected chi connectivity index (χ4v) is 3.72. The minimum absolute atomic E-state index is 0.00329. The molecule has 0 heterocycles. The number of aliphatic hydroxyl groups excluding tert-OH is 1. The molecular weight excluding hydrogens is 252 g/mol. The smallest absolute Gasteiger partial charge is 0.168 e. The summed E-state index contributed by atoms with van der Waals surface area (Å²) in [6.07, 6.45) is 1.97. The number of ketones is 2. The average molecular weight is 270 g/mol. The Morgan fingerprint density at radius 3 is 2.35 bits per heavy atom. The number of rotatable bonds is 1. The predicted molar refractivity (Wildman–Crippen MR) is 75.6 cm³/mol. The van der Waals surface area contributed by atoms with Gasteiger partial charge in [-0.15, -0.1) is 0 Å². The molecule has 0 spiro atoms. The van der Waals surface area contributed by atoms with E-state index in [2.05, 4.69) is 0 Å². The molecule has 3 heteroatoms. The molecule has 0 saturated heterocycles. The van der Waals surface area contributed by atoms with Gasteiger partial charge in [-0.2, -0.15) is 0 Å². The van der Waals surface area contributed by atoms with Crippen LogP contribution in [0.2, 0.25) is 0 Å². The maximum Gasteiger partial charge on any atom is 0.168 e. The Morgan fingerprint density at radius 2 is 1.75 bits per heavy atom. The zero-order chi connectivity index (χ0) is 14.4. The van der Waals surface area contributed by atoms with E-state index < -0.39 is 12.0 Å². The summed E-state index contributed by atoms with van der Waals surface area (Å²) in [7, 11) is 0. The first-order valence-electron chi connectivity index (χ1n) is 7.04. The molecule has 1 aromatic rings. The molecule has 0 saturated carbocycles. The Morgan fingerprint density at radius 1 is 1.15 bits per heavy atom. The molecule has 0 aromatic heterocycles. The molecule has 104 valence electrons. The highest BCUT2D eigenvalue weighted by molar-refractivity contribution is 6.16. The summed E-state index contributed by atoms with van der Waals surface area (Å²) in [5.41, 5.74) is 2.07. The van der Waals surface area contributed by atoms with Crippen LogP contribution >= 0.6 is 0 Å². The van der Waals surface area contributed by atoms with E-state index in [0.29, 0.717) is 17.5 Å². The summed E-state index contributed by atoms with van der Waals surface area (Å²) in [5, 5.41) is 10.0. The van der Waals surface area contributed by atoms with Crippen molar-refractivity contribution in [2.45, 2.75) is 26.4 Å².